The summed E-state index contributed by atoms with van der Waals surface area (Å²) >= 11 is 1.12. The lowest BCUT2D eigenvalue weighted by atomic mass is 9.97. The van der Waals surface area contributed by atoms with Crippen molar-refractivity contribution in [3.8, 4) is 0 Å². The number of nitro benzene ring substituents is 1. The number of likely N-dealkylation sites (tertiary alicyclic amines) is 1. The third-order valence-corrected chi connectivity index (χ3v) is 5.85. The first kappa shape index (κ1) is 21.8. The summed E-state index contributed by atoms with van der Waals surface area (Å²) in [5.41, 5.74) is -0.0104. The summed E-state index contributed by atoms with van der Waals surface area (Å²) < 4.78 is 18.1. The second-order valence-electron chi connectivity index (χ2n) is 6.84. The number of esters is 1. The Hall–Kier alpha value is -2.94. The molecule has 2 aromatic rings. The average molecular weight is 432 g/mol. The van der Waals surface area contributed by atoms with E-state index in [9.17, 15) is 24.1 Å². The number of ether oxygens (including phenoxy) is 1. The molecule has 7 nitrogen and oxygen atoms in total. The van der Waals surface area contributed by atoms with Crippen molar-refractivity contribution >= 4 is 29.3 Å². The van der Waals surface area contributed by atoms with E-state index < -0.39 is 10.7 Å². The van der Waals surface area contributed by atoms with Crippen LogP contribution in [0.4, 0.5) is 10.1 Å². The quantitative estimate of drug-likeness (QED) is 0.384. The molecule has 1 amide bonds. The molecule has 9 heteroatoms. The van der Waals surface area contributed by atoms with Gasteiger partial charge in [0.1, 0.15) is 5.82 Å². The molecule has 1 heterocycles. The van der Waals surface area contributed by atoms with Crippen LogP contribution in [0.3, 0.4) is 0 Å². The number of benzene rings is 2. The van der Waals surface area contributed by atoms with E-state index in [0.29, 0.717) is 29.2 Å². The van der Waals surface area contributed by atoms with Gasteiger partial charge >= 0.3 is 5.97 Å². The van der Waals surface area contributed by atoms with Crippen molar-refractivity contribution in [1.29, 1.82) is 0 Å². The highest BCUT2D eigenvalue weighted by Gasteiger charge is 2.30. The average Bonchev–Trinajstić information content (AvgIpc) is 2.75. The number of halogens is 1. The van der Waals surface area contributed by atoms with Crippen LogP contribution in [0.15, 0.2) is 52.3 Å². The molecule has 2 aromatic carbocycles. The van der Waals surface area contributed by atoms with Gasteiger partial charge in [-0.15, -0.1) is 0 Å². The Kier molecular flexibility index (Phi) is 7.04. The van der Waals surface area contributed by atoms with Crippen LogP contribution in [-0.4, -0.2) is 41.4 Å². The molecule has 1 saturated heterocycles. The Labute approximate surface area is 177 Å². The number of amides is 1. The van der Waals surface area contributed by atoms with Crippen molar-refractivity contribution < 1.29 is 23.6 Å². The number of hydrogen-bond acceptors (Lipinski definition) is 6. The van der Waals surface area contributed by atoms with Crippen LogP contribution in [0.5, 0.6) is 0 Å². The van der Waals surface area contributed by atoms with Crippen LogP contribution in [0.25, 0.3) is 0 Å². The smallest absolute Gasteiger partial charge is 0.310 e. The molecule has 0 bridgehead atoms. The van der Waals surface area contributed by atoms with Gasteiger partial charge in [0, 0.05) is 29.6 Å². The molecule has 1 atom stereocenters. The second kappa shape index (κ2) is 9.71. The van der Waals surface area contributed by atoms with Crippen LogP contribution < -0.4 is 0 Å². The van der Waals surface area contributed by atoms with Crippen LogP contribution in [0, 0.1) is 21.8 Å². The molecular formula is C21H21FN2O5S. The zero-order valence-electron chi connectivity index (χ0n) is 16.4. The summed E-state index contributed by atoms with van der Waals surface area (Å²) in [7, 11) is 0. The van der Waals surface area contributed by atoms with Crippen molar-refractivity contribution in [3.05, 3.63) is 64.0 Å². The van der Waals surface area contributed by atoms with Crippen LogP contribution in [-0.2, 0) is 9.53 Å². The fourth-order valence-corrected chi connectivity index (χ4v) is 4.21. The standard InChI is InChI=1S/C21H21FN2O5S/c1-2-29-21(26)15-4-3-11-23(13-15)20(25)14-5-10-19(18(12-14)24(27)28)30-17-8-6-16(22)7-9-17/h5-10,12,15H,2-4,11,13H2,1H3/t15-/m0/s1. The van der Waals surface area contributed by atoms with Crippen molar-refractivity contribution in [2.75, 3.05) is 19.7 Å². The van der Waals surface area contributed by atoms with Gasteiger partial charge in [-0.05, 0) is 56.2 Å². The van der Waals surface area contributed by atoms with Gasteiger partial charge < -0.3 is 9.64 Å². The van der Waals surface area contributed by atoms with Gasteiger partial charge in [0.15, 0.2) is 0 Å². The predicted molar refractivity (Wildman–Crippen MR) is 109 cm³/mol. The summed E-state index contributed by atoms with van der Waals surface area (Å²) in [6, 6.07) is 9.94. The molecular weight excluding hydrogens is 411 g/mol. The molecule has 3 rings (SSSR count). The Morgan fingerprint density at radius 3 is 2.67 bits per heavy atom. The van der Waals surface area contributed by atoms with Gasteiger partial charge in [0.2, 0.25) is 0 Å². The Balaban J connectivity index is 1.79. The van der Waals surface area contributed by atoms with Gasteiger partial charge in [-0.3, -0.25) is 19.7 Å². The number of rotatable bonds is 6. The molecule has 1 aliphatic heterocycles. The van der Waals surface area contributed by atoms with Crippen LogP contribution in [0.1, 0.15) is 30.1 Å². The lowest BCUT2D eigenvalue weighted by molar-refractivity contribution is -0.387. The fraction of sp³-hybridized carbons (Fsp3) is 0.333. The highest BCUT2D eigenvalue weighted by atomic mass is 32.2. The summed E-state index contributed by atoms with van der Waals surface area (Å²) in [4.78, 5) is 38.5. The third kappa shape index (κ3) is 5.15. The lowest BCUT2D eigenvalue weighted by Gasteiger charge is -2.31. The van der Waals surface area contributed by atoms with E-state index in [1.54, 1.807) is 6.92 Å². The minimum absolute atomic E-state index is 0.190. The Morgan fingerprint density at radius 1 is 1.27 bits per heavy atom. The van der Waals surface area contributed by atoms with Crippen molar-refractivity contribution in [3.63, 3.8) is 0 Å². The van der Waals surface area contributed by atoms with E-state index in [2.05, 4.69) is 0 Å². The van der Waals surface area contributed by atoms with E-state index in [1.165, 1.54) is 47.4 Å². The number of piperidine rings is 1. The summed E-state index contributed by atoms with van der Waals surface area (Å²) in [5.74, 6) is -1.46. The van der Waals surface area contributed by atoms with Gasteiger partial charge in [-0.2, -0.15) is 0 Å². The molecule has 0 N–H and O–H groups in total. The number of carbonyl (C=O) groups is 2. The molecule has 0 radical (unpaired) electrons. The summed E-state index contributed by atoms with van der Waals surface area (Å²) in [6.07, 6.45) is 1.31. The Bertz CT molecular complexity index is 951. The second-order valence-corrected chi connectivity index (χ2v) is 7.95. The first-order valence-corrected chi connectivity index (χ1v) is 10.4. The largest absolute Gasteiger partial charge is 0.466 e. The molecule has 1 fully saturated rings. The zero-order chi connectivity index (χ0) is 21.7. The van der Waals surface area contributed by atoms with E-state index in [1.807, 2.05) is 0 Å². The van der Waals surface area contributed by atoms with Gasteiger partial charge in [-0.1, -0.05) is 11.8 Å². The number of nitrogens with zero attached hydrogens (tertiary/aromatic N) is 2. The maximum Gasteiger partial charge on any atom is 0.310 e. The molecule has 30 heavy (non-hydrogen) atoms. The maximum atomic E-state index is 13.1. The SMILES string of the molecule is CCOC(=O)[C@H]1CCCN(C(=O)c2ccc(Sc3ccc(F)cc3)c([N+](=O)[O-])c2)C1. The lowest BCUT2D eigenvalue weighted by Crippen LogP contribution is -2.42. The molecule has 0 saturated carbocycles. The van der Waals surface area contributed by atoms with Crippen molar-refractivity contribution in [2.45, 2.75) is 29.6 Å². The van der Waals surface area contributed by atoms with Gasteiger partial charge in [0.25, 0.3) is 11.6 Å². The highest BCUT2D eigenvalue weighted by Crippen LogP contribution is 2.35. The molecule has 0 spiro atoms. The Morgan fingerprint density at radius 2 is 2.00 bits per heavy atom. The van der Waals surface area contributed by atoms with Crippen molar-refractivity contribution in [2.24, 2.45) is 5.92 Å². The maximum absolute atomic E-state index is 13.1. The summed E-state index contributed by atoms with van der Waals surface area (Å²) in [5, 5.41) is 11.6. The fourth-order valence-electron chi connectivity index (χ4n) is 3.31. The topological polar surface area (TPSA) is 89.8 Å². The number of nitro groups is 1. The van der Waals surface area contributed by atoms with Gasteiger partial charge in [0.05, 0.1) is 22.3 Å². The molecule has 0 unspecified atom stereocenters. The normalized spacial score (nSPS) is 16.2. The van der Waals surface area contributed by atoms with Crippen LogP contribution in [0.2, 0.25) is 0 Å². The first-order chi connectivity index (χ1) is 14.4. The van der Waals surface area contributed by atoms with E-state index in [0.717, 1.165) is 11.8 Å². The summed E-state index contributed by atoms with van der Waals surface area (Å²) in [6.45, 7) is 2.73. The number of hydrogen-bond donors (Lipinski definition) is 0. The van der Waals surface area contributed by atoms with E-state index in [-0.39, 0.29) is 42.2 Å². The highest BCUT2D eigenvalue weighted by molar-refractivity contribution is 7.99. The predicted octanol–water partition coefficient (Wildman–Crippen LogP) is 4.30. The molecule has 158 valence electrons. The molecule has 0 aromatic heterocycles. The number of carbonyl (C=O) groups excluding carboxylic acids is 2. The van der Waals surface area contributed by atoms with Gasteiger partial charge in [-0.25, -0.2) is 4.39 Å². The van der Waals surface area contributed by atoms with E-state index in [4.69, 9.17) is 4.74 Å². The third-order valence-electron chi connectivity index (χ3n) is 4.77. The first-order valence-electron chi connectivity index (χ1n) is 9.56. The van der Waals surface area contributed by atoms with E-state index >= 15 is 0 Å². The molecule has 0 aliphatic carbocycles. The zero-order valence-corrected chi connectivity index (χ0v) is 17.2. The minimum atomic E-state index is -0.541. The monoisotopic (exact) mass is 432 g/mol. The van der Waals surface area contributed by atoms with Crippen LogP contribution >= 0.6 is 11.8 Å². The minimum Gasteiger partial charge on any atom is -0.466 e. The van der Waals surface area contributed by atoms with Crippen molar-refractivity contribution in [1.82, 2.24) is 4.90 Å². The molecule has 1 aliphatic rings.